The SMILES string of the molecule is Cc1n[nH]c(C)c1S(=O)(=O)N[C@H](C)CO. The maximum Gasteiger partial charge on any atom is 0.244 e. The first kappa shape index (κ1) is 12.2. The molecule has 0 aromatic carbocycles. The number of rotatable bonds is 4. The molecule has 6 nitrogen and oxygen atoms in total. The summed E-state index contributed by atoms with van der Waals surface area (Å²) in [7, 11) is -3.59. The molecule has 15 heavy (non-hydrogen) atoms. The van der Waals surface area contributed by atoms with Crippen LogP contribution in [0.4, 0.5) is 0 Å². The summed E-state index contributed by atoms with van der Waals surface area (Å²) in [4.78, 5) is 0.155. The van der Waals surface area contributed by atoms with E-state index in [1.54, 1.807) is 20.8 Å². The van der Waals surface area contributed by atoms with Crippen molar-refractivity contribution in [2.24, 2.45) is 0 Å². The first-order valence-electron chi connectivity index (χ1n) is 4.53. The highest BCUT2D eigenvalue weighted by Gasteiger charge is 2.23. The summed E-state index contributed by atoms with van der Waals surface area (Å²) >= 11 is 0. The Labute approximate surface area is 88.8 Å². The van der Waals surface area contributed by atoms with Crippen molar-refractivity contribution in [1.82, 2.24) is 14.9 Å². The van der Waals surface area contributed by atoms with E-state index in [0.717, 1.165) is 0 Å². The summed E-state index contributed by atoms with van der Waals surface area (Å²) < 4.78 is 26.0. The van der Waals surface area contributed by atoms with E-state index in [0.29, 0.717) is 11.4 Å². The maximum atomic E-state index is 11.8. The van der Waals surface area contributed by atoms with E-state index < -0.39 is 16.1 Å². The molecule has 0 aliphatic heterocycles. The molecule has 0 unspecified atom stereocenters. The standard InChI is InChI=1S/C8H15N3O3S/c1-5(4-12)11-15(13,14)8-6(2)9-10-7(8)3/h5,11-12H,4H2,1-3H3,(H,9,10)/t5-/m1/s1. The molecule has 0 fully saturated rings. The fourth-order valence-electron chi connectivity index (χ4n) is 1.30. The van der Waals surface area contributed by atoms with Gasteiger partial charge in [0.05, 0.1) is 18.0 Å². The molecule has 0 spiro atoms. The molecule has 1 aromatic rings. The van der Waals surface area contributed by atoms with Crippen LogP contribution in [-0.2, 0) is 10.0 Å². The number of aryl methyl sites for hydroxylation is 2. The number of aromatic amines is 1. The molecule has 0 bridgehead atoms. The Morgan fingerprint density at radius 1 is 1.53 bits per heavy atom. The molecule has 1 heterocycles. The summed E-state index contributed by atoms with van der Waals surface area (Å²) in [6.07, 6.45) is 0. The predicted octanol–water partition coefficient (Wildman–Crippen LogP) is -0.314. The first-order chi connectivity index (χ1) is 6.88. The smallest absolute Gasteiger partial charge is 0.244 e. The summed E-state index contributed by atoms with van der Waals surface area (Å²) in [5.41, 5.74) is 0.912. The second-order valence-electron chi connectivity index (χ2n) is 3.47. The molecule has 0 amide bonds. The molecule has 0 aliphatic rings. The number of aliphatic hydroxyl groups is 1. The second-order valence-corrected chi connectivity index (χ2v) is 5.12. The van der Waals surface area contributed by atoms with E-state index in [1.165, 1.54) is 0 Å². The van der Waals surface area contributed by atoms with E-state index in [2.05, 4.69) is 14.9 Å². The van der Waals surface area contributed by atoms with Gasteiger partial charge in [0, 0.05) is 6.04 Å². The van der Waals surface area contributed by atoms with Crippen molar-refractivity contribution in [1.29, 1.82) is 0 Å². The topological polar surface area (TPSA) is 95.1 Å². The number of nitrogens with one attached hydrogen (secondary N) is 2. The van der Waals surface area contributed by atoms with Crippen molar-refractivity contribution >= 4 is 10.0 Å². The average molecular weight is 233 g/mol. The van der Waals surface area contributed by atoms with Gasteiger partial charge in [-0.05, 0) is 20.8 Å². The zero-order chi connectivity index (χ0) is 11.6. The monoisotopic (exact) mass is 233 g/mol. The van der Waals surface area contributed by atoms with E-state index in [4.69, 9.17) is 5.11 Å². The Morgan fingerprint density at radius 3 is 2.53 bits per heavy atom. The predicted molar refractivity (Wildman–Crippen MR) is 54.9 cm³/mol. The molecule has 0 saturated heterocycles. The van der Waals surface area contributed by atoms with Crippen LogP contribution in [0.3, 0.4) is 0 Å². The lowest BCUT2D eigenvalue weighted by Crippen LogP contribution is -2.35. The highest BCUT2D eigenvalue weighted by molar-refractivity contribution is 7.89. The van der Waals surface area contributed by atoms with Crippen LogP contribution in [0.15, 0.2) is 4.90 Å². The van der Waals surface area contributed by atoms with Crippen LogP contribution < -0.4 is 4.72 Å². The van der Waals surface area contributed by atoms with Gasteiger partial charge in [0.2, 0.25) is 10.0 Å². The maximum absolute atomic E-state index is 11.8. The zero-order valence-corrected chi connectivity index (χ0v) is 9.72. The highest BCUT2D eigenvalue weighted by Crippen LogP contribution is 2.16. The van der Waals surface area contributed by atoms with Crippen molar-refractivity contribution in [3.63, 3.8) is 0 Å². The van der Waals surface area contributed by atoms with Gasteiger partial charge in [-0.2, -0.15) is 5.10 Å². The van der Waals surface area contributed by atoms with Crippen LogP contribution in [-0.4, -0.2) is 36.4 Å². The average Bonchev–Trinajstić information content (AvgIpc) is 2.45. The van der Waals surface area contributed by atoms with Gasteiger partial charge in [0.15, 0.2) is 0 Å². The van der Waals surface area contributed by atoms with Gasteiger partial charge in [0.1, 0.15) is 4.90 Å². The number of hydrogen-bond acceptors (Lipinski definition) is 4. The number of aliphatic hydroxyl groups excluding tert-OH is 1. The van der Waals surface area contributed by atoms with Crippen molar-refractivity contribution in [2.75, 3.05) is 6.61 Å². The normalized spacial score (nSPS) is 14.1. The lowest BCUT2D eigenvalue weighted by Gasteiger charge is -2.11. The molecule has 3 N–H and O–H groups in total. The minimum Gasteiger partial charge on any atom is -0.395 e. The Kier molecular flexibility index (Phi) is 3.48. The number of aromatic nitrogens is 2. The van der Waals surface area contributed by atoms with Crippen LogP contribution in [0.2, 0.25) is 0 Å². The van der Waals surface area contributed by atoms with Crippen LogP contribution in [0.5, 0.6) is 0 Å². The summed E-state index contributed by atoms with van der Waals surface area (Å²) in [6.45, 7) is 4.59. The number of nitrogens with zero attached hydrogens (tertiary/aromatic N) is 1. The van der Waals surface area contributed by atoms with Crippen molar-refractivity contribution in [2.45, 2.75) is 31.7 Å². The third-order valence-electron chi connectivity index (χ3n) is 1.96. The van der Waals surface area contributed by atoms with Gasteiger partial charge in [-0.3, -0.25) is 5.10 Å². The van der Waals surface area contributed by atoms with Gasteiger partial charge < -0.3 is 5.11 Å². The molecule has 1 atom stereocenters. The molecule has 1 aromatic heterocycles. The van der Waals surface area contributed by atoms with Crippen LogP contribution in [0.1, 0.15) is 18.3 Å². The summed E-state index contributed by atoms with van der Waals surface area (Å²) in [6, 6.07) is -0.510. The zero-order valence-electron chi connectivity index (χ0n) is 8.90. The van der Waals surface area contributed by atoms with Gasteiger partial charge in [0.25, 0.3) is 0 Å². The van der Waals surface area contributed by atoms with E-state index in [9.17, 15) is 8.42 Å². The number of sulfonamides is 1. The van der Waals surface area contributed by atoms with E-state index in [-0.39, 0.29) is 11.5 Å². The fraction of sp³-hybridized carbons (Fsp3) is 0.625. The van der Waals surface area contributed by atoms with Crippen molar-refractivity contribution in [3.8, 4) is 0 Å². The third kappa shape index (κ3) is 2.55. The van der Waals surface area contributed by atoms with Gasteiger partial charge in [-0.15, -0.1) is 0 Å². The molecule has 1 rings (SSSR count). The molecule has 0 aliphatic carbocycles. The van der Waals surface area contributed by atoms with E-state index >= 15 is 0 Å². The van der Waals surface area contributed by atoms with Gasteiger partial charge in [-0.1, -0.05) is 0 Å². The minimum absolute atomic E-state index is 0.155. The van der Waals surface area contributed by atoms with E-state index in [1.807, 2.05) is 0 Å². The van der Waals surface area contributed by atoms with Gasteiger partial charge >= 0.3 is 0 Å². The Morgan fingerprint density at radius 2 is 2.13 bits per heavy atom. The number of H-pyrrole nitrogens is 1. The summed E-state index contributed by atoms with van der Waals surface area (Å²) in [5, 5.41) is 15.2. The molecular weight excluding hydrogens is 218 g/mol. The fourth-order valence-corrected chi connectivity index (χ4v) is 2.90. The van der Waals surface area contributed by atoms with Crippen LogP contribution >= 0.6 is 0 Å². The summed E-state index contributed by atoms with van der Waals surface area (Å²) in [5.74, 6) is 0. The quantitative estimate of drug-likeness (QED) is 0.664. The highest BCUT2D eigenvalue weighted by atomic mass is 32.2. The third-order valence-corrected chi connectivity index (χ3v) is 3.81. The first-order valence-corrected chi connectivity index (χ1v) is 6.01. The molecular formula is C8H15N3O3S. The number of hydrogen-bond donors (Lipinski definition) is 3. The lowest BCUT2D eigenvalue weighted by molar-refractivity contribution is 0.265. The van der Waals surface area contributed by atoms with Crippen LogP contribution in [0, 0.1) is 13.8 Å². The molecule has 86 valence electrons. The van der Waals surface area contributed by atoms with Crippen LogP contribution in [0.25, 0.3) is 0 Å². The van der Waals surface area contributed by atoms with Gasteiger partial charge in [-0.25, -0.2) is 13.1 Å². The Balaban J connectivity index is 3.07. The molecule has 0 saturated carbocycles. The van der Waals surface area contributed by atoms with Crippen molar-refractivity contribution < 1.29 is 13.5 Å². The lowest BCUT2D eigenvalue weighted by atomic mass is 10.4. The Bertz CT molecular complexity index is 418. The second kappa shape index (κ2) is 4.30. The molecule has 7 heteroatoms. The largest absolute Gasteiger partial charge is 0.395 e. The van der Waals surface area contributed by atoms with Crippen molar-refractivity contribution in [3.05, 3.63) is 11.4 Å². The molecule has 0 radical (unpaired) electrons. The Hall–Kier alpha value is -0.920. The minimum atomic E-state index is -3.59.